The van der Waals surface area contributed by atoms with E-state index in [9.17, 15) is 9.59 Å². The van der Waals surface area contributed by atoms with Crippen LogP contribution in [-0.4, -0.2) is 45.4 Å². The average Bonchev–Trinajstić information content (AvgIpc) is 2.51. The van der Waals surface area contributed by atoms with Crippen molar-refractivity contribution in [2.45, 2.75) is 42.6 Å². The molecule has 0 aliphatic carbocycles. The van der Waals surface area contributed by atoms with Gasteiger partial charge in [0.2, 0.25) is 0 Å². The molecule has 2 amide bonds. The van der Waals surface area contributed by atoms with Gasteiger partial charge in [-0.15, -0.1) is 0 Å². The second-order valence-electron chi connectivity index (χ2n) is 5.72. The molecule has 5 nitrogen and oxygen atoms in total. The number of carbonyl (C=O) groups excluding carboxylic acids is 2. The maximum atomic E-state index is 12.1. The van der Waals surface area contributed by atoms with E-state index in [0.717, 1.165) is 0 Å². The molecule has 0 saturated heterocycles. The van der Waals surface area contributed by atoms with Crippen molar-refractivity contribution in [2.24, 2.45) is 0 Å². The minimum Gasteiger partial charge on any atom is -0.444 e. The van der Waals surface area contributed by atoms with Crippen LogP contribution in [0.4, 0.5) is 4.79 Å². The summed E-state index contributed by atoms with van der Waals surface area (Å²) in [4.78, 5) is 25.3. The van der Waals surface area contributed by atoms with Gasteiger partial charge in [-0.3, -0.25) is 4.79 Å². The highest BCUT2D eigenvalue weighted by molar-refractivity contribution is 6.76. The van der Waals surface area contributed by atoms with E-state index in [1.54, 1.807) is 26.8 Å². The number of nitrogens with zero attached hydrogens (tertiary/aromatic N) is 1. The van der Waals surface area contributed by atoms with Crippen LogP contribution in [0, 0.1) is 0 Å². The molecular weight excluding hydrogens is 339 g/mol. The number of halogens is 3. The fourth-order valence-electron chi connectivity index (χ4n) is 1.72. The van der Waals surface area contributed by atoms with Crippen molar-refractivity contribution in [2.75, 3.05) is 13.1 Å². The Balaban J connectivity index is 2.67. The summed E-state index contributed by atoms with van der Waals surface area (Å²) in [6.45, 7) is 6.15. The summed E-state index contributed by atoms with van der Waals surface area (Å²) in [5.74, 6) is -0.729. The lowest BCUT2D eigenvalue weighted by Gasteiger charge is -2.28. The van der Waals surface area contributed by atoms with E-state index in [0.29, 0.717) is 13.0 Å². The van der Waals surface area contributed by atoms with E-state index in [1.165, 1.54) is 4.90 Å². The number of amides is 2. The molecule has 0 radical (unpaired) electrons. The van der Waals surface area contributed by atoms with Crippen molar-refractivity contribution in [3.8, 4) is 0 Å². The molecule has 1 atom stereocenters. The summed E-state index contributed by atoms with van der Waals surface area (Å²) in [7, 11) is 0. The zero-order valence-corrected chi connectivity index (χ0v) is 14.4. The second-order valence-corrected chi connectivity index (χ2v) is 8.00. The fourth-order valence-corrected chi connectivity index (χ4v) is 1.88. The van der Waals surface area contributed by atoms with Crippen LogP contribution in [0.3, 0.4) is 0 Å². The standard InChI is InChI=1S/C13H19Cl3N2O3/c1-12(2,3)21-11(20)18-7-5-4-6-9(8-18)17-10(19)13(14,15)16/h4,6,9H,5,7-8H2,1-3H3,(H,17,19)/t9-/m0/s1. The molecule has 0 fully saturated rings. The molecule has 0 saturated carbocycles. The van der Waals surface area contributed by atoms with E-state index in [1.807, 2.05) is 6.08 Å². The van der Waals surface area contributed by atoms with Crippen molar-refractivity contribution in [1.82, 2.24) is 10.2 Å². The maximum Gasteiger partial charge on any atom is 0.410 e. The molecule has 0 bridgehead atoms. The van der Waals surface area contributed by atoms with E-state index in [2.05, 4.69) is 5.32 Å². The first-order valence-corrected chi connectivity index (χ1v) is 7.65. The molecule has 1 aliphatic heterocycles. The highest BCUT2D eigenvalue weighted by Gasteiger charge is 2.33. The van der Waals surface area contributed by atoms with Gasteiger partial charge in [-0.2, -0.15) is 0 Å². The molecule has 1 N–H and O–H groups in total. The highest BCUT2D eigenvalue weighted by Crippen LogP contribution is 2.26. The smallest absolute Gasteiger partial charge is 0.410 e. The number of ether oxygens (including phenoxy) is 1. The average molecular weight is 358 g/mol. The Hall–Kier alpha value is -0.650. The summed E-state index contributed by atoms with van der Waals surface area (Å²) in [5.41, 5.74) is -0.576. The van der Waals surface area contributed by atoms with Crippen molar-refractivity contribution in [1.29, 1.82) is 0 Å². The molecule has 1 aliphatic rings. The minimum absolute atomic E-state index is 0.262. The van der Waals surface area contributed by atoms with Gasteiger partial charge in [-0.1, -0.05) is 47.0 Å². The summed E-state index contributed by atoms with van der Waals surface area (Å²) in [6, 6.07) is -0.428. The number of nitrogens with one attached hydrogen (secondary N) is 1. The Labute approximate surface area is 139 Å². The molecule has 0 aromatic heterocycles. The van der Waals surface area contributed by atoms with Crippen LogP contribution in [0.15, 0.2) is 12.2 Å². The van der Waals surface area contributed by atoms with Gasteiger partial charge >= 0.3 is 6.09 Å². The number of hydrogen-bond acceptors (Lipinski definition) is 3. The predicted molar refractivity (Wildman–Crippen MR) is 83.8 cm³/mol. The Morgan fingerprint density at radius 2 is 1.90 bits per heavy atom. The topological polar surface area (TPSA) is 58.6 Å². The number of rotatable bonds is 1. The molecule has 21 heavy (non-hydrogen) atoms. The molecule has 0 aromatic rings. The van der Waals surface area contributed by atoms with Gasteiger partial charge in [0.25, 0.3) is 9.70 Å². The van der Waals surface area contributed by atoms with Gasteiger partial charge in [0.1, 0.15) is 5.60 Å². The largest absolute Gasteiger partial charge is 0.444 e. The summed E-state index contributed by atoms with van der Waals surface area (Å²) < 4.78 is 3.29. The first-order valence-electron chi connectivity index (χ1n) is 6.51. The molecule has 1 rings (SSSR count). The molecule has 0 unspecified atom stereocenters. The van der Waals surface area contributed by atoms with Crippen LogP contribution in [-0.2, 0) is 9.53 Å². The summed E-state index contributed by atoms with van der Waals surface area (Å²) in [6.07, 6.45) is 3.88. The third-order valence-electron chi connectivity index (χ3n) is 2.58. The van der Waals surface area contributed by atoms with Crippen molar-refractivity contribution >= 4 is 46.8 Å². The Morgan fingerprint density at radius 3 is 2.43 bits per heavy atom. The maximum absolute atomic E-state index is 12.1. The van der Waals surface area contributed by atoms with Crippen molar-refractivity contribution in [3.63, 3.8) is 0 Å². The Bertz CT molecular complexity index is 427. The number of alkyl halides is 3. The molecule has 8 heteroatoms. The third kappa shape index (κ3) is 6.76. The van der Waals surface area contributed by atoms with Gasteiger partial charge in [-0.05, 0) is 27.2 Å². The lowest BCUT2D eigenvalue weighted by atomic mass is 10.2. The molecular formula is C13H19Cl3N2O3. The molecule has 1 heterocycles. The Morgan fingerprint density at radius 1 is 1.29 bits per heavy atom. The van der Waals surface area contributed by atoms with Gasteiger partial charge in [0, 0.05) is 13.1 Å². The predicted octanol–water partition coefficient (Wildman–Crippen LogP) is 3.04. The monoisotopic (exact) mass is 356 g/mol. The number of carbonyl (C=O) groups is 2. The zero-order valence-electron chi connectivity index (χ0n) is 12.2. The molecule has 0 aromatic carbocycles. The number of hydrogen-bond donors (Lipinski definition) is 1. The van der Waals surface area contributed by atoms with Crippen LogP contribution in [0.2, 0.25) is 0 Å². The first kappa shape index (κ1) is 18.4. The van der Waals surface area contributed by atoms with Crippen LogP contribution >= 0.6 is 34.8 Å². The lowest BCUT2D eigenvalue weighted by Crippen LogP contribution is -2.48. The van der Waals surface area contributed by atoms with Gasteiger partial charge in [0.15, 0.2) is 0 Å². The summed E-state index contributed by atoms with van der Waals surface area (Å²) >= 11 is 16.6. The second kappa shape index (κ2) is 7.07. The fraction of sp³-hybridized carbons (Fsp3) is 0.692. The first-order chi connectivity index (χ1) is 9.49. The van der Waals surface area contributed by atoms with Crippen LogP contribution in [0.1, 0.15) is 27.2 Å². The lowest BCUT2D eigenvalue weighted by molar-refractivity contribution is -0.120. The third-order valence-corrected chi connectivity index (χ3v) is 3.09. The Kier molecular flexibility index (Phi) is 6.20. The zero-order chi connectivity index (χ0) is 16.3. The van der Waals surface area contributed by atoms with Crippen LogP contribution in [0.25, 0.3) is 0 Å². The molecule has 0 spiro atoms. The highest BCUT2D eigenvalue weighted by atomic mass is 35.6. The van der Waals surface area contributed by atoms with Gasteiger partial charge < -0.3 is 15.0 Å². The molecule has 120 valence electrons. The SMILES string of the molecule is CC(C)(C)OC(=O)N1CCC=C[C@H](NC(=O)C(Cl)(Cl)Cl)C1. The normalized spacial score (nSPS) is 19.9. The van der Waals surface area contributed by atoms with Crippen molar-refractivity contribution in [3.05, 3.63) is 12.2 Å². The van der Waals surface area contributed by atoms with Crippen LogP contribution < -0.4 is 5.32 Å². The van der Waals surface area contributed by atoms with E-state index < -0.39 is 27.4 Å². The van der Waals surface area contributed by atoms with Crippen molar-refractivity contribution < 1.29 is 14.3 Å². The minimum atomic E-state index is -2.03. The van der Waals surface area contributed by atoms with E-state index >= 15 is 0 Å². The van der Waals surface area contributed by atoms with E-state index in [-0.39, 0.29) is 6.54 Å². The quantitative estimate of drug-likeness (QED) is 0.579. The van der Waals surface area contributed by atoms with E-state index in [4.69, 9.17) is 39.5 Å². The van der Waals surface area contributed by atoms with Gasteiger partial charge in [0.05, 0.1) is 6.04 Å². The summed E-state index contributed by atoms with van der Waals surface area (Å²) in [5, 5.41) is 2.58. The van der Waals surface area contributed by atoms with Gasteiger partial charge in [-0.25, -0.2) is 4.79 Å². The van der Waals surface area contributed by atoms with Crippen LogP contribution in [0.5, 0.6) is 0 Å².